The lowest BCUT2D eigenvalue weighted by Crippen LogP contribution is -2.06. The number of esters is 1. The van der Waals surface area contributed by atoms with Crippen molar-refractivity contribution >= 4 is 17.3 Å². The zero-order valence-electron chi connectivity index (χ0n) is 16.3. The number of nitroso groups, excluding NO2 is 1. The van der Waals surface area contributed by atoms with Gasteiger partial charge in [0.1, 0.15) is 22.2 Å². The quantitative estimate of drug-likeness (QED) is 0.309. The van der Waals surface area contributed by atoms with Crippen molar-refractivity contribution < 1.29 is 14.3 Å². The molecule has 2 rings (SSSR count). The van der Waals surface area contributed by atoms with E-state index in [-0.39, 0.29) is 12.5 Å². The number of unbranched alkanes of at least 4 members (excludes halogenated alkanes) is 1. The van der Waals surface area contributed by atoms with Gasteiger partial charge in [-0.3, -0.25) is 0 Å². The van der Waals surface area contributed by atoms with E-state index in [0.717, 1.165) is 18.4 Å². The van der Waals surface area contributed by atoms with Crippen LogP contribution in [0.5, 0.6) is 5.75 Å². The van der Waals surface area contributed by atoms with E-state index in [2.05, 4.69) is 24.0 Å². The number of nitrogens with zero attached hydrogens (tertiary/aromatic N) is 2. The lowest BCUT2D eigenvalue weighted by Gasteiger charge is -2.12. The van der Waals surface area contributed by atoms with Gasteiger partial charge in [-0.15, -0.1) is 11.3 Å². The monoisotopic (exact) mass is 390 g/mol. The molecule has 0 amide bonds. The third kappa shape index (κ3) is 5.85. The summed E-state index contributed by atoms with van der Waals surface area (Å²) in [4.78, 5) is 28.0. The molecule has 0 saturated heterocycles. The smallest absolute Gasteiger partial charge is 0.350 e. The number of ether oxygens (including phenoxy) is 2. The number of rotatable bonds is 10. The van der Waals surface area contributed by atoms with E-state index in [9.17, 15) is 9.70 Å². The van der Waals surface area contributed by atoms with Crippen LogP contribution in [0, 0.1) is 17.7 Å². The van der Waals surface area contributed by atoms with Crippen molar-refractivity contribution in [2.45, 2.75) is 47.1 Å². The molecule has 146 valence electrons. The highest BCUT2D eigenvalue weighted by molar-refractivity contribution is 7.17. The lowest BCUT2D eigenvalue weighted by molar-refractivity contribution is 0.0504. The van der Waals surface area contributed by atoms with Crippen LogP contribution in [0.15, 0.2) is 23.4 Å². The van der Waals surface area contributed by atoms with E-state index in [0.29, 0.717) is 46.0 Å². The Morgan fingerprint density at radius 3 is 2.78 bits per heavy atom. The van der Waals surface area contributed by atoms with Crippen LogP contribution in [0.4, 0.5) is 0 Å². The molecule has 7 heteroatoms. The number of carbonyl (C=O) groups excluding carboxylic acids is 1. The molecule has 0 atom stereocenters. The number of benzene rings is 1. The van der Waals surface area contributed by atoms with Gasteiger partial charge in [-0.1, -0.05) is 32.4 Å². The van der Waals surface area contributed by atoms with Crippen LogP contribution in [0.25, 0.3) is 10.6 Å². The average molecular weight is 391 g/mol. The average Bonchev–Trinajstić information content (AvgIpc) is 3.02. The minimum atomic E-state index is -0.337. The van der Waals surface area contributed by atoms with Gasteiger partial charge in [-0.25, -0.2) is 9.78 Å². The summed E-state index contributed by atoms with van der Waals surface area (Å²) < 4.78 is 11.1. The van der Waals surface area contributed by atoms with Gasteiger partial charge in [-0.2, -0.15) is 4.91 Å². The summed E-state index contributed by atoms with van der Waals surface area (Å²) in [5.74, 6) is 0.695. The Kier molecular flexibility index (Phi) is 7.91. The second-order valence-electron chi connectivity index (χ2n) is 6.74. The second kappa shape index (κ2) is 10.2. The topological polar surface area (TPSA) is 77.9 Å². The van der Waals surface area contributed by atoms with Gasteiger partial charge < -0.3 is 9.47 Å². The largest absolute Gasteiger partial charge is 0.493 e. The lowest BCUT2D eigenvalue weighted by atomic mass is 10.1. The summed E-state index contributed by atoms with van der Waals surface area (Å²) in [5.41, 5.74) is 2.18. The molecule has 1 heterocycles. The summed E-state index contributed by atoms with van der Waals surface area (Å²) in [7, 11) is 0. The SMILES string of the molecule is CCCCOC(=O)c1sc(-c2ccc(OCC(C)C)c(CN=O)c2)nc1C. The number of hydrogen-bond acceptors (Lipinski definition) is 7. The second-order valence-corrected chi connectivity index (χ2v) is 7.74. The normalized spacial score (nSPS) is 10.9. The van der Waals surface area contributed by atoms with Crippen molar-refractivity contribution in [3.63, 3.8) is 0 Å². The molecule has 0 aliphatic carbocycles. The Morgan fingerprint density at radius 1 is 1.33 bits per heavy atom. The molecule has 0 bridgehead atoms. The number of hydrogen-bond donors (Lipinski definition) is 0. The van der Waals surface area contributed by atoms with Crippen LogP contribution in [-0.4, -0.2) is 24.2 Å². The summed E-state index contributed by atoms with van der Waals surface area (Å²) in [6.07, 6.45) is 1.81. The highest BCUT2D eigenvalue weighted by atomic mass is 32.1. The third-order valence-electron chi connectivity index (χ3n) is 3.83. The van der Waals surface area contributed by atoms with Gasteiger partial charge in [0.15, 0.2) is 0 Å². The van der Waals surface area contributed by atoms with Crippen LogP contribution in [0.1, 0.15) is 54.5 Å². The van der Waals surface area contributed by atoms with Gasteiger partial charge in [-0.05, 0) is 37.5 Å². The van der Waals surface area contributed by atoms with Crippen molar-refractivity contribution in [3.8, 4) is 16.3 Å². The fourth-order valence-corrected chi connectivity index (χ4v) is 3.34. The minimum absolute atomic E-state index is 0.0253. The molecule has 0 radical (unpaired) electrons. The van der Waals surface area contributed by atoms with Crippen molar-refractivity contribution in [2.24, 2.45) is 11.1 Å². The Labute approximate surface area is 163 Å². The first-order valence-electron chi connectivity index (χ1n) is 9.16. The molecular formula is C20H26N2O4S. The van der Waals surface area contributed by atoms with E-state index in [1.165, 1.54) is 11.3 Å². The highest BCUT2D eigenvalue weighted by Crippen LogP contribution is 2.32. The van der Waals surface area contributed by atoms with Gasteiger partial charge in [0.05, 0.1) is 18.9 Å². The minimum Gasteiger partial charge on any atom is -0.493 e. The molecule has 0 fully saturated rings. The Bertz CT molecular complexity index is 786. The molecule has 0 N–H and O–H groups in total. The van der Waals surface area contributed by atoms with E-state index < -0.39 is 0 Å². The third-order valence-corrected chi connectivity index (χ3v) is 5.01. The van der Waals surface area contributed by atoms with Crippen LogP contribution in [0.3, 0.4) is 0 Å². The molecule has 27 heavy (non-hydrogen) atoms. The van der Waals surface area contributed by atoms with Crippen LogP contribution in [-0.2, 0) is 11.3 Å². The first-order valence-corrected chi connectivity index (χ1v) is 9.97. The predicted molar refractivity (Wildman–Crippen MR) is 107 cm³/mol. The summed E-state index contributed by atoms with van der Waals surface area (Å²) >= 11 is 1.29. The molecule has 2 aromatic rings. The number of carbonyl (C=O) groups is 1. The fraction of sp³-hybridized carbons (Fsp3) is 0.500. The molecule has 0 saturated carbocycles. The van der Waals surface area contributed by atoms with Gasteiger partial charge in [0.2, 0.25) is 0 Å². The Balaban J connectivity index is 2.24. The van der Waals surface area contributed by atoms with Crippen molar-refractivity contribution in [1.29, 1.82) is 0 Å². The predicted octanol–water partition coefficient (Wildman–Crippen LogP) is 5.38. The number of aryl methyl sites for hydroxylation is 1. The molecule has 0 unspecified atom stereocenters. The van der Waals surface area contributed by atoms with E-state index >= 15 is 0 Å². The maximum Gasteiger partial charge on any atom is 0.350 e. The van der Waals surface area contributed by atoms with Gasteiger partial charge >= 0.3 is 5.97 Å². The van der Waals surface area contributed by atoms with Crippen molar-refractivity contribution in [1.82, 2.24) is 4.98 Å². The van der Waals surface area contributed by atoms with Crippen molar-refractivity contribution in [3.05, 3.63) is 39.2 Å². The van der Waals surface area contributed by atoms with Gasteiger partial charge in [0, 0.05) is 11.1 Å². The molecule has 0 aliphatic heterocycles. The molecule has 6 nitrogen and oxygen atoms in total. The number of aromatic nitrogens is 1. The molecule has 0 aliphatic rings. The Morgan fingerprint density at radius 2 is 2.11 bits per heavy atom. The number of thiazole rings is 1. The van der Waals surface area contributed by atoms with Crippen LogP contribution >= 0.6 is 11.3 Å². The molecule has 1 aromatic heterocycles. The van der Waals surface area contributed by atoms with E-state index in [1.807, 2.05) is 25.1 Å². The standard InChI is InChI=1S/C20H26N2O4S/c1-5-6-9-25-20(23)18-14(4)22-19(27-18)15-7-8-17(26-12-13(2)3)16(10-15)11-21-24/h7-8,10,13H,5-6,9,11-12H2,1-4H3. The Hall–Kier alpha value is -2.28. The maximum atomic E-state index is 12.2. The van der Waals surface area contributed by atoms with Crippen LogP contribution < -0.4 is 4.74 Å². The molecule has 0 spiro atoms. The zero-order chi connectivity index (χ0) is 19.8. The fourth-order valence-electron chi connectivity index (χ4n) is 2.39. The zero-order valence-corrected chi connectivity index (χ0v) is 17.1. The highest BCUT2D eigenvalue weighted by Gasteiger charge is 2.18. The first kappa shape index (κ1) is 21.0. The first-order chi connectivity index (χ1) is 13.0. The molecular weight excluding hydrogens is 364 g/mol. The van der Waals surface area contributed by atoms with Crippen LogP contribution in [0.2, 0.25) is 0 Å². The van der Waals surface area contributed by atoms with E-state index in [1.54, 1.807) is 6.92 Å². The van der Waals surface area contributed by atoms with Crippen molar-refractivity contribution in [2.75, 3.05) is 13.2 Å². The summed E-state index contributed by atoms with van der Waals surface area (Å²) in [5, 5.41) is 3.71. The van der Waals surface area contributed by atoms with E-state index in [4.69, 9.17) is 9.47 Å². The van der Waals surface area contributed by atoms with Gasteiger partial charge in [0.25, 0.3) is 0 Å². The molecule has 1 aromatic carbocycles. The summed E-state index contributed by atoms with van der Waals surface area (Å²) in [6, 6.07) is 5.56. The summed E-state index contributed by atoms with van der Waals surface area (Å²) in [6.45, 7) is 8.97. The maximum absolute atomic E-state index is 12.2.